The van der Waals surface area contributed by atoms with Gasteiger partial charge in [-0.05, 0) is 95.9 Å². The molecule has 38 heavy (non-hydrogen) atoms. The monoisotopic (exact) mass is 521 g/mol. The third-order valence-electron chi connectivity index (χ3n) is 9.63. The van der Waals surface area contributed by atoms with E-state index in [4.69, 9.17) is 15.2 Å². The van der Waals surface area contributed by atoms with Crippen LogP contribution in [0.3, 0.4) is 0 Å². The molecule has 5 rings (SSSR count). The van der Waals surface area contributed by atoms with Gasteiger partial charge in [-0.25, -0.2) is 0 Å². The number of fused-ring (bicyclic) bond motifs is 2. The number of nitrogens with zero attached hydrogens (tertiary/aromatic N) is 1. The van der Waals surface area contributed by atoms with Crippen LogP contribution in [0.4, 0.5) is 0 Å². The van der Waals surface area contributed by atoms with Gasteiger partial charge in [-0.3, -0.25) is 9.59 Å². The summed E-state index contributed by atoms with van der Waals surface area (Å²) in [5.74, 6) is 0.620. The molecule has 206 valence electrons. The lowest BCUT2D eigenvalue weighted by atomic mass is 9.62. The van der Waals surface area contributed by atoms with Crippen molar-refractivity contribution in [2.75, 3.05) is 6.54 Å². The SMILES string of the molecule is CCCC1(C2(C)Oc3c(C)c4c(c(C)c3O2)C(=O)N(Cc2c(C)cc(C)[nH]c2=O)CC4)CCC(C)(N)CC1. The summed E-state index contributed by atoms with van der Waals surface area (Å²) >= 11 is 0. The Kier molecular flexibility index (Phi) is 6.45. The number of amides is 1. The van der Waals surface area contributed by atoms with E-state index in [0.29, 0.717) is 30.0 Å². The summed E-state index contributed by atoms with van der Waals surface area (Å²) in [5.41, 5.74) is 12.0. The maximum absolute atomic E-state index is 13.9. The number of hydrogen-bond donors (Lipinski definition) is 2. The van der Waals surface area contributed by atoms with Crippen molar-refractivity contribution >= 4 is 5.91 Å². The first-order chi connectivity index (χ1) is 17.8. The third-order valence-corrected chi connectivity index (χ3v) is 9.63. The number of aryl methyl sites for hydroxylation is 2. The zero-order valence-corrected chi connectivity index (χ0v) is 24.1. The van der Waals surface area contributed by atoms with Gasteiger partial charge in [0.2, 0.25) is 0 Å². The summed E-state index contributed by atoms with van der Waals surface area (Å²) < 4.78 is 13.6. The number of aromatic amines is 1. The first kappa shape index (κ1) is 26.8. The highest BCUT2D eigenvalue weighted by molar-refractivity contribution is 6.00. The summed E-state index contributed by atoms with van der Waals surface area (Å²) in [6.07, 6.45) is 6.54. The van der Waals surface area contributed by atoms with E-state index >= 15 is 0 Å². The Morgan fingerprint density at radius 1 is 1.00 bits per heavy atom. The van der Waals surface area contributed by atoms with Crippen molar-refractivity contribution in [1.82, 2.24) is 9.88 Å². The topological polar surface area (TPSA) is 97.6 Å². The Morgan fingerprint density at radius 3 is 2.24 bits per heavy atom. The minimum absolute atomic E-state index is 0.0499. The minimum Gasteiger partial charge on any atom is -0.448 e. The van der Waals surface area contributed by atoms with Crippen LogP contribution < -0.4 is 20.8 Å². The van der Waals surface area contributed by atoms with Crippen molar-refractivity contribution in [2.24, 2.45) is 11.1 Å². The van der Waals surface area contributed by atoms with E-state index in [1.807, 2.05) is 33.8 Å². The van der Waals surface area contributed by atoms with Crippen LogP contribution in [0.5, 0.6) is 11.5 Å². The highest BCUT2D eigenvalue weighted by Crippen LogP contribution is 2.58. The van der Waals surface area contributed by atoms with Crippen LogP contribution in [0.15, 0.2) is 10.9 Å². The highest BCUT2D eigenvalue weighted by atomic mass is 16.7. The average Bonchev–Trinajstić information content (AvgIpc) is 3.22. The van der Waals surface area contributed by atoms with Crippen LogP contribution in [0, 0.1) is 33.1 Å². The van der Waals surface area contributed by atoms with E-state index in [9.17, 15) is 9.59 Å². The molecule has 1 atom stereocenters. The van der Waals surface area contributed by atoms with Crippen LogP contribution in [0.2, 0.25) is 0 Å². The Bertz CT molecular complexity index is 1350. The van der Waals surface area contributed by atoms with Gasteiger partial charge >= 0.3 is 0 Å². The molecule has 1 aromatic carbocycles. The van der Waals surface area contributed by atoms with Crippen LogP contribution in [-0.4, -0.2) is 33.7 Å². The summed E-state index contributed by atoms with van der Waals surface area (Å²) in [6.45, 7) is 15.1. The number of pyridine rings is 1. The molecule has 2 aromatic rings. The highest BCUT2D eigenvalue weighted by Gasteiger charge is 2.58. The largest absolute Gasteiger partial charge is 0.448 e. The lowest BCUT2D eigenvalue weighted by molar-refractivity contribution is -0.185. The zero-order valence-electron chi connectivity index (χ0n) is 24.1. The van der Waals surface area contributed by atoms with Crippen molar-refractivity contribution in [3.8, 4) is 11.5 Å². The van der Waals surface area contributed by atoms with Crippen molar-refractivity contribution in [3.63, 3.8) is 0 Å². The molecule has 1 aromatic heterocycles. The van der Waals surface area contributed by atoms with Gasteiger partial charge < -0.3 is 25.1 Å². The number of nitrogens with two attached hydrogens (primary N) is 1. The molecular formula is C31H43N3O4. The maximum atomic E-state index is 13.9. The minimum atomic E-state index is -0.809. The van der Waals surface area contributed by atoms with Gasteiger partial charge in [0.05, 0.1) is 6.54 Å². The van der Waals surface area contributed by atoms with E-state index < -0.39 is 5.79 Å². The molecule has 7 nitrogen and oxygen atoms in total. The van der Waals surface area contributed by atoms with Gasteiger partial charge in [0.15, 0.2) is 11.5 Å². The van der Waals surface area contributed by atoms with Crippen molar-refractivity contribution < 1.29 is 14.3 Å². The number of ether oxygens (including phenoxy) is 2. The molecule has 3 N–H and O–H groups in total. The Balaban J connectivity index is 1.50. The smallest absolute Gasteiger partial charge is 0.254 e. The summed E-state index contributed by atoms with van der Waals surface area (Å²) in [5, 5.41) is 0. The van der Waals surface area contributed by atoms with E-state index in [0.717, 1.165) is 78.6 Å². The third kappa shape index (κ3) is 4.14. The summed E-state index contributed by atoms with van der Waals surface area (Å²) in [6, 6.07) is 1.96. The molecule has 0 bridgehead atoms. The Hall–Kier alpha value is -2.80. The second kappa shape index (κ2) is 9.15. The van der Waals surface area contributed by atoms with Gasteiger partial charge in [0.1, 0.15) is 0 Å². The van der Waals surface area contributed by atoms with Crippen LogP contribution in [-0.2, 0) is 13.0 Å². The van der Waals surface area contributed by atoms with Gasteiger partial charge in [-0.2, -0.15) is 0 Å². The van der Waals surface area contributed by atoms with E-state index in [1.54, 1.807) is 4.90 Å². The summed E-state index contributed by atoms with van der Waals surface area (Å²) in [7, 11) is 0. The van der Waals surface area contributed by atoms with Gasteiger partial charge in [-0.1, -0.05) is 13.3 Å². The van der Waals surface area contributed by atoms with Gasteiger partial charge in [0, 0.05) is 46.8 Å². The molecule has 1 fully saturated rings. The predicted octanol–water partition coefficient (Wildman–Crippen LogP) is 5.37. The van der Waals surface area contributed by atoms with Crippen LogP contribution >= 0.6 is 0 Å². The molecule has 3 heterocycles. The second-order valence-corrected chi connectivity index (χ2v) is 12.5. The van der Waals surface area contributed by atoms with Crippen LogP contribution in [0.1, 0.15) is 103 Å². The number of carbonyl (C=O) groups is 1. The normalized spacial score (nSPS) is 28.5. The molecule has 0 radical (unpaired) electrons. The number of H-pyrrole nitrogens is 1. The lowest BCUT2D eigenvalue weighted by Crippen LogP contribution is -2.57. The fourth-order valence-electron chi connectivity index (χ4n) is 7.12. The first-order valence-electron chi connectivity index (χ1n) is 14.1. The average molecular weight is 522 g/mol. The van der Waals surface area contributed by atoms with E-state index in [1.165, 1.54) is 0 Å². The molecule has 0 saturated heterocycles. The predicted molar refractivity (Wildman–Crippen MR) is 149 cm³/mol. The fraction of sp³-hybridized carbons (Fsp3) is 0.613. The molecule has 1 unspecified atom stereocenters. The molecule has 3 aliphatic rings. The lowest BCUT2D eigenvalue weighted by Gasteiger charge is -2.50. The molecule has 0 spiro atoms. The molecule has 2 aliphatic heterocycles. The number of nitrogens with one attached hydrogen (secondary N) is 1. The number of aromatic nitrogens is 1. The van der Waals surface area contributed by atoms with Gasteiger partial charge in [-0.15, -0.1) is 0 Å². The first-order valence-corrected chi connectivity index (χ1v) is 14.1. The van der Waals surface area contributed by atoms with Crippen molar-refractivity contribution in [1.29, 1.82) is 0 Å². The van der Waals surface area contributed by atoms with E-state index in [-0.39, 0.29) is 22.4 Å². The fourth-order valence-corrected chi connectivity index (χ4v) is 7.12. The maximum Gasteiger partial charge on any atom is 0.254 e. The van der Waals surface area contributed by atoms with E-state index in [2.05, 4.69) is 25.8 Å². The van der Waals surface area contributed by atoms with Gasteiger partial charge in [0.25, 0.3) is 17.3 Å². The number of benzene rings is 1. The van der Waals surface area contributed by atoms with Crippen LogP contribution in [0.25, 0.3) is 0 Å². The second-order valence-electron chi connectivity index (χ2n) is 12.5. The standard InChI is InChI=1S/C31H43N3O4/c1-8-10-31(13-11-29(6,32)12-14-31)30(7)37-25-20(4)22-9-15-34(28(36)24(22)21(5)26(25)38-30)17-23-18(2)16-19(3)33-27(23)35/h16H,8-15,17,32H2,1-7H3,(H,33,35). The molecule has 1 amide bonds. The molecule has 1 aliphatic carbocycles. The Morgan fingerprint density at radius 2 is 1.63 bits per heavy atom. The molecule has 1 saturated carbocycles. The van der Waals surface area contributed by atoms with Crippen molar-refractivity contribution in [2.45, 2.75) is 111 Å². The Labute approximate surface area is 226 Å². The zero-order chi connectivity index (χ0) is 27.6. The molecule has 7 heteroatoms. The summed E-state index contributed by atoms with van der Waals surface area (Å²) in [4.78, 5) is 31.2. The number of carbonyl (C=O) groups excluding carboxylic acids is 1. The van der Waals surface area contributed by atoms with Crippen molar-refractivity contribution in [3.05, 3.63) is 55.5 Å². The number of hydrogen-bond acceptors (Lipinski definition) is 5. The quantitative estimate of drug-likeness (QED) is 0.551. The number of rotatable bonds is 5. The molecular weight excluding hydrogens is 478 g/mol.